The van der Waals surface area contributed by atoms with E-state index in [0.29, 0.717) is 24.8 Å². The fraction of sp³-hybridized carbons (Fsp3) is 0.824. The molecule has 6 heteroatoms. The van der Waals surface area contributed by atoms with Crippen LogP contribution in [0.5, 0.6) is 0 Å². The van der Waals surface area contributed by atoms with Crippen molar-refractivity contribution in [1.29, 1.82) is 0 Å². The summed E-state index contributed by atoms with van der Waals surface area (Å²) < 4.78 is 5.34. The molecule has 0 unspecified atom stereocenters. The summed E-state index contributed by atoms with van der Waals surface area (Å²) in [7, 11) is 0. The van der Waals surface area contributed by atoms with Gasteiger partial charge in [0.15, 0.2) is 5.82 Å². The first kappa shape index (κ1) is 16.3. The number of carbonyl (C=O) groups is 1. The normalized spacial score (nSPS) is 20.0. The lowest BCUT2D eigenvalue weighted by Gasteiger charge is -2.33. The number of hydrogen-bond acceptors (Lipinski definition) is 4. The number of aromatic nitrogens is 2. The van der Waals surface area contributed by atoms with Crippen LogP contribution >= 0.6 is 0 Å². The number of rotatable bonds is 5. The Kier molecular flexibility index (Phi) is 4.10. The number of carbonyl (C=O) groups excluding carboxylic acids is 1. The van der Waals surface area contributed by atoms with Gasteiger partial charge in [-0.1, -0.05) is 32.3 Å². The van der Waals surface area contributed by atoms with Crippen LogP contribution in [-0.4, -0.2) is 33.2 Å². The highest BCUT2D eigenvalue weighted by Crippen LogP contribution is 2.49. The van der Waals surface area contributed by atoms with Gasteiger partial charge in [-0.05, 0) is 38.0 Å². The van der Waals surface area contributed by atoms with Crippen molar-refractivity contribution in [2.75, 3.05) is 6.54 Å². The van der Waals surface area contributed by atoms with Crippen LogP contribution in [-0.2, 0) is 6.54 Å². The van der Waals surface area contributed by atoms with Crippen molar-refractivity contribution in [3.63, 3.8) is 0 Å². The Balaban J connectivity index is 1.61. The van der Waals surface area contributed by atoms with Crippen molar-refractivity contribution in [2.24, 2.45) is 5.41 Å². The second kappa shape index (κ2) is 5.80. The Morgan fingerprint density at radius 3 is 2.57 bits per heavy atom. The molecular weight excluding hydrogens is 292 g/mol. The average Bonchev–Trinajstić information content (AvgIpc) is 3.07. The summed E-state index contributed by atoms with van der Waals surface area (Å²) in [4.78, 5) is 18.8. The fourth-order valence-corrected chi connectivity index (χ4v) is 3.12. The predicted molar refractivity (Wildman–Crippen MR) is 86.9 cm³/mol. The third-order valence-corrected chi connectivity index (χ3v) is 5.47. The third-order valence-electron chi connectivity index (χ3n) is 5.47. The molecule has 23 heavy (non-hydrogen) atoms. The zero-order valence-corrected chi connectivity index (χ0v) is 14.7. The minimum Gasteiger partial charge on any atom is -0.339 e. The Hall–Kier alpha value is -1.59. The Bertz CT molecular complexity index is 567. The predicted octanol–water partition coefficient (Wildman–Crippen LogP) is 3.45. The molecule has 2 saturated carbocycles. The van der Waals surface area contributed by atoms with E-state index >= 15 is 0 Å². The SMILES string of the molecule is CCN(Cc1noc(C2CCC2)n1)C(=O)NC1(C(C)(C)C)CC1. The molecule has 1 N–H and O–H groups in total. The summed E-state index contributed by atoms with van der Waals surface area (Å²) >= 11 is 0. The van der Waals surface area contributed by atoms with E-state index < -0.39 is 0 Å². The summed E-state index contributed by atoms with van der Waals surface area (Å²) in [5, 5.41) is 7.27. The molecule has 0 atom stereocenters. The molecule has 0 aliphatic heterocycles. The molecule has 0 saturated heterocycles. The lowest BCUT2D eigenvalue weighted by Crippen LogP contribution is -2.51. The molecule has 1 aromatic heterocycles. The zero-order chi connectivity index (χ0) is 16.7. The fourth-order valence-electron chi connectivity index (χ4n) is 3.12. The number of nitrogens with zero attached hydrogens (tertiary/aromatic N) is 3. The highest BCUT2D eigenvalue weighted by Gasteiger charge is 2.53. The van der Waals surface area contributed by atoms with Crippen molar-refractivity contribution in [2.45, 2.75) is 77.8 Å². The average molecular weight is 320 g/mol. The topological polar surface area (TPSA) is 71.3 Å². The van der Waals surface area contributed by atoms with Crippen LogP contribution in [0.1, 0.15) is 77.4 Å². The number of nitrogens with one attached hydrogen (secondary N) is 1. The minimum absolute atomic E-state index is 0.0325. The molecule has 0 spiro atoms. The summed E-state index contributed by atoms with van der Waals surface area (Å²) in [6, 6.07) is -0.0325. The van der Waals surface area contributed by atoms with Gasteiger partial charge in [0.25, 0.3) is 0 Å². The summed E-state index contributed by atoms with van der Waals surface area (Å²) in [5.74, 6) is 1.76. The summed E-state index contributed by atoms with van der Waals surface area (Å²) in [5.41, 5.74) is 0.0114. The van der Waals surface area contributed by atoms with Crippen molar-refractivity contribution >= 4 is 6.03 Å². The van der Waals surface area contributed by atoms with Gasteiger partial charge in [-0.2, -0.15) is 4.98 Å². The zero-order valence-electron chi connectivity index (χ0n) is 14.7. The van der Waals surface area contributed by atoms with Crippen molar-refractivity contribution in [1.82, 2.24) is 20.4 Å². The van der Waals surface area contributed by atoms with E-state index in [4.69, 9.17) is 4.52 Å². The maximum Gasteiger partial charge on any atom is 0.318 e. The first-order chi connectivity index (χ1) is 10.8. The van der Waals surface area contributed by atoms with E-state index in [1.807, 2.05) is 6.92 Å². The van der Waals surface area contributed by atoms with E-state index in [0.717, 1.165) is 31.6 Å². The molecule has 2 amide bonds. The lowest BCUT2D eigenvalue weighted by molar-refractivity contribution is 0.172. The maximum atomic E-state index is 12.6. The Labute approximate surface area is 138 Å². The molecular formula is C17H28N4O2. The van der Waals surface area contributed by atoms with Gasteiger partial charge in [0.05, 0.1) is 6.54 Å². The lowest BCUT2D eigenvalue weighted by atomic mass is 9.84. The Morgan fingerprint density at radius 1 is 1.39 bits per heavy atom. The van der Waals surface area contributed by atoms with Gasteiger partial charge in [-0.15, -0.1) is 0 Å². The third kappa shape index (κ3) is 3.21. The van der Waals surface area contributed by atoms with Gasteiger partial charge in [0.1, 0.15) is 0 Å². The van der Waals surface area contributed by atoms with Crippen LogP contribution < -0.4 is 5.32 Å². The number of hydrogen-bond donors (Lipinski definition) is 1. The Morgan fingerprint density at radius 2 is 2.09 bits per heavy atom. The van der Waals surface area contributed by atoms with Crippen LogP contribution in [0.15, 0.2) is 4.52 Å². The quantitative estimate of drug-likeness (QED) is 0.902. The first-order valence-electron chi connectivity index (χ1n) is 8.74. The van der Waals surface area contributed by atoms with Crippen molar-refractivity contribution in [3.8, 4) is 0 Å². The molecule has 0 bridgehead atoms. The van der Waals surface area contributed by atoms with E-state index in [1.165, 1.54) is 6.42 Å². The second-order valence-corrected chi connectivity index (χ2v) is 7.95. The molecule has 0 radical (unpaired) electrons. The maximum absolute atomic E-state index is 12.6. The monoisotopic (exact) mass is 320 g/mol. The minimum atomic E-state index is -0.0636. The molecule has 6 nitrogen and oxygen atoms in total. The number of urea groups is 1. The van der Waals surface area contributed by atoms with Crippen LogP contribution in [0.2, 0.25) is 0 Å². The molecule has 1 heterocycles. The van der Waals surface area contributed by atoms with Gasteiger partial charge >= 0.3 is 6.03 Å². The van der Waals surface area contributed by atoms with Crippen LogP contribution in [0.25, 0.3) is 0 Å². The smallest absolute Gasteiger partial charge is 0.318 e. The highest BCUT2D eigenvalue weighted by atomic mass is 16.5. The van der Waals surface area contributed by atoms with E-state index in [-0.39, 0.29) is 17.0 Å². The second-order valence-electron chi connectivity index (χ2n) is 7.95. The molecule has 3 rings (SSSR count). The molecule has 128 valence electrons. The highest BCUT2D eigenvalue weighted by molar-refractivity contribution is 5.75. The molecule has 2 fully saturated rings. The first-order valence-corrected chi connectivity index (χ1v) is 8.74. The van der Waals surface area contributed by atoms with Crippen LogP contribution in [0.4, 0.5) is 4.79 Å². The summed E-state index contributed by atoms with van der Waals surface area (Å²) in [6.07, 6.45) is 5.60. The molecule has 2 aliphatic carbocycles. The van der Waals surface area contributed by atoms with Gasteiger partial charge in [-0.25, -0.2) is 4.79 Å². The van der Waals surface area contributed by atoms with Gasteiger partial charge in [-0.3, -0.25) is 0 Å². The van der Waals surface area contributed by atoms with E-state index in [9.17, 15) is 4.79 Å². The van der Waals surface area contributed by atoms with E-state index in [1.54, 1.807) is 4.90 Å². The largest absolute Gasteiger partial charge is 0.339 e. The number of amides is 2. The van der Waals surface area contributed by atoms with Gasteiger partial charge < -0.3 is 14.7 Å². The molecule has 0 aromatic carbocycles. The van der Waals surface area contributed by atoms with Gasteiger partial charge in [0.2, 0.25) is 5.89 Å². The van der Waals surface area contributed by atoms with Crippen LogP contribution in [0, 0.1) is 5.41 Å². The van der Waals surface area contributed by atoms with Crippen molar-refractivity contribution < 1.29 is 9.32 Å². The molecule has 2 aliphatic rings. The van der Waals surface area contributed by atoms with Crippen molar-refractivity contribution in [3.05, 3.63) is 11.7 Å². The standard InChI is InChI=1S/C17H28N4O2/c1-5-21(15(22)19-17(9-10-17)16(2,3)4)11-13-18-14(23-20-13)12-7-6-8-12/h12H,5-11H2,1-4H3,(H,19,22). The summed E-state index contributed by atoms with van der Waals surface area (Å²) in [6.45, 7) is 9.54. The molecule has 1 aromatic rings. The van der Waals surface area contributed by atoms with Crippen LogP contribution in [0.3, 0.4) is 0 Å². The van der Waals surface area contributed by atoms with Gasteiger partial charge in [0, 0.05) is 18.0 Å². The van der Waals surface area contributed by atoms with E-state index in [2.05, 4.69) is 36.2 Å².